The first-order valence-corrected chi connectivity index (χ1v) is 7.49. The highest BCUT2D eigenvalue weighted by Gasteiger charge is 2.33. The molecule has 21 heavy (non-hydrogen) atoms. The Bertz CT molecular complexity index is 534. The van der Waals surface area contributed by atoms with Crippen LogP contribution in [0.1, 0.15) is 26.7 Å². The maximum absolute atomic E-state index is 12.3. The Morgan fingerprint density at radius 1 is 1.57 bits per heavy atom. The molecule has 0 aromatic heterocycles. The highest BCUT2D eigenvalue weighted by atomic mass is 35.5. The smallest absolute Gasteiger partial charge is 0.241 e. The van der Waals surface area contributed by atoms with Gasteiger partial charge in [0, 0.05) is 12.2 Å². The molecule has 116 valence electrons. The monoisotopic (exact) mass is 311 g/mol. The zero-order valence-corrected chi connectivity index (χ0v) is 13.2. The van der Waals surface area contributed by atoms with Gasteiger partial charge in [0.2, 0.25) is 5.91 Å². The van der Waals surface area contributed by atoms with Crippen molar-refractivity contribution in [2.45, 2.75) is 38.3 Å². The number of nitrogen functional groups attached to an aromatic ring is 1. The van der Waals surface area contributed by atoms with E-state index < -0.39 is 5.60 Å². The fraction of sp³-hybridized carbons (Fsp3) is 0.533. The standard InChI is InChI=1S/C15H22ClN3O2/c1-10(19-7-3-6-15(2,21)9-19)14(20)18-13-5-4-11(17)8-12(13)16/h4-5,8,10,21H,3,6-7,9,17H2,1-2H3,(H,18,20). The molecule has 1 heterocycles. The SMILES string of the molecule is CC(C(=O)Nc1ccc(N)cc1Cl)N1CCCC(C)(O)C1. The van der Waals surface area contributed by atoms with E-state index >= 15 is 0 Å². The summed E-state index contributed by atoms with van der Waals surface area (Å²) in [5.74, 6) is -0.139. The van der Waals surface area contributed by atoms with Crippen LogP contribution >= 0.6 is 11.6 Å². The van der Waals surface area contributed by atoms with Gasteiger partial charge in [-0.05, 0) is 51.4 Å². The molecule has 1 fully saturated rings. The number of nitrogens with two attached hydrogens (primary N) is 1. The maximum Gasteiger partial charge on any atom is 0.241 e. The van der Waals surface area contributed by atoms with E-state index in [-0.39, 0.29) is 11.9 Å². The molecule has 1 amide bonds. The number of halogens is 1. The van der Waals surface area contributed by atoms with Crippen molar-refractivity contribution in [3.63, 3.8) is 0 Å². The van der Waals surface area contributed by atoms with E-state index in [2.05, 4.69) is 5.32 Å². The first-order valence-electron chi connectivity index (χ1n) is 7.11. The van der Waals surface area contributed by atoms with Gasteiger partial charge in [-0.25, -0.2) is 0 Å². The molecule has 0 radical (unpaired) electrons. The van der Waals surface area contributed by atoms with Crippen LogP contribution in [0.2, 0.25) is 5.02 Å². The van der Waals surface area contributed by atoms with Crippen molar-refractivity contribution in [3.8, 4) is 0 Å². The van der Waals surface area contributed by atoms with Crippen LogP contribution in [-0.4, -0.2) is 40.6 Å². The Hall–Kier alpha value is -1.30. The molecule has 0 spiro atoms. The number of hydrogen-bond acceptors (Lipinski definition) is 4. The van der Waals surface area contributed by atoms with Gasteiger partial charge in [0.05, 0.1) is 22.4 Å². The molecule has 2 unspecified atom stereocenters. The molecule has 2 atom stereocenters. The lowest BCUT2D eigenvalue weighted by molar-refractivity contribution is -0.123. The van der Waals surface area contributed by atoms with Crippen LogP contribution in [0.5, 0.6) is 0 Å². The van der Waals surface area contributed by atoms with Crippen LogP contribution in [0.15, 0.2) is 18.2 Å². The Labute approximate surface area is 130 Å². The quantitative estimate of drug-likeness (QED) is 0.747. The van der Waals surface area contributed by atoms with Gasteiger partial charge >= 0.3 is 0 Å². The largest absolute Gasteiger partial charge is 0.399 e. The van der Waals surface area contributed by atoms with Crippen molar-refractivity contribution in [1.82, 2.24) is 4.90 Å². The minimum absolute atomic E-state index is 0.139. The third-order valence-electron chi connectivity index (χ3n) is 3.88. The highest BCUT2D eigenvalue weighted by Crippen LogP contribution is 2.26. The van der Waals surface area contributed by atoms with Gasteiger partial charge in [0.15, 0.2) is 0 Å². The van der Waals surface area contributed by atoms with E-state index in [9.17, 15) is 9.90 Å². The number of nitrogens with one attached hydrogen (secondary N) is 1. The number of carbonyl (C=O) groups is 1. The lowest BCUT2D eigenvalue weighted by Gasteiger charge is -2.39. The molecule has 1 saturated heterocycles. The number of likely N-dealkylation sites (tertiary alicyclic amines) is 1. The summed E-state index contributed by atoms with van der Waals surface area (Å²) >= 11 is 6.06. The van der Waals surface area contributed by atoms with Crippen molar-refractivity contribution >= 4 is 28.9 Å². The highest BCUT2D eigenvalue weighted by molar-refractivity contribution is 6.34. The summed E-state index contributed by atoms with van der Waals surface area (Å²) in [6.07, 6.45) is 1.65. The molecule has 1 aliphatic rings. The van der Waals surface area contributed by atoms with Crippen molar-refractivity contribution in [2.75, 3.05) is 24.1 Å². The van der Waals surface area contributed by atoms with Gasteiger partial charge in [0.1, 0.15) is 0 Å². The normalized spacial score (nSPS) is 24.6. The van der Waals surface area contributed by atoms with Gasteiger partial charge in [-0.15, -0.1) is 0 Å². The van der Waals surface area contributed by atoms with Crippen molar-refractivity contribution < 1.29 is 9.90 Å². The summed E-state index contributed by atoms with van der Waals surface area (Å²) in [6.45, 7) is 4.94. The Morgan fingerprint density at radius 2 is 2.29 bits per heavy atom. The molecule has 0 saturated carbocycles. The number of piperidine rings is 1. The fourth-order valence-electron chi connectivity index (χ4n) is 2.62. The lowest BCUT2D eigenvalue weighted by Crippen LogP contribution is -2.52. The molecular weight excluding hydrogens is 290 g/mol. The number of aliphatic hydroxyl groups is 1. The molecule has 1 aromatic rings. The summed E-state index contributed by atoms with van der Waals surface area (Å²) in [6, 6.07) is 4.66. The van der Waals surface area contributed by atoms with E-state index in [0.29, 0.717) is 22.9 Å². The first kappa shape index (κ1) is 16.1. The number of nitrogens with zero attached hydrogens (tertiary/aromatic N) is 1. The van der Waals surface area contributed by atoms with Crippen molar-refractivity contribution in [2.24, 2.45) is 0 Å². The predicted molar refractivity (Wildman–Crippen MR) is 85.4 cm³/mol. The number of anilines is 2. The minimum Gasteiger partial charge on any atom is -0.399 e. The molecule has 2 rings (SSSR count). The van der Waals surface area contributed by atoms with Gasteiger partial charge < -0.3 is 16.2 Å². The zero-order chi connectivity index (χ0) is 15.6. The summed E-state index contributed by atoms with van der Waals surface area (Å²) in [5, 5.41) is 13.4. The average molecular weight is 312 g/mol. The van der Waals surface area contributed by atoms with Gasteiger partial charge in [-0.3, -0.25) is 9.69 Å². The third kappa shape index (κ3) is 4.09. The lowest BCUT2D eigenvalue weighted by atomic mass is 9.94. The molecular formula is C15H22ClN3O2. The third-order valence-corrected chi connectivity index (χ3v) is 4.20. The topological polar surface area (TPSA) is 78.6 Å². The van der Waals surface area contributed by atoms with Crippen LogP contribution in [0, 0.1) is 0 Å². The van der Waals surface area contributed by atoms with E-state index in [1.807, 2.05) is 11.8 Å². The molecule has 1 aliphatic heterocycles. The van der Waals surface area contributed by atoms with Crippen molar-refractivity contribution in [3.05, 3.63) is 23.2 Å². The van der Waals surface area contributed by atoms with Crippen LogP contribution < -0.4 is 11.1 Å². The molecule has 0 aliphatic carbocycles. The summed E-state index contributed by atoms with van der Waals surface area (Å²) in [5.41, 5.74) is 6.00. The molecule has 0 bridgehead atoms. The number of carbonyl (C=O) groups excluding carboxylic acids is 1. The predicted octanol–water partition coefficient (Wildman–Crippen LogP) is 2.10. The van der Waals surface area contributed by atoms with E-state index in [1.54, 1.807) is 25.1 Å². The zero-order valence-electron chi connectivity index (χ0n) is 12.4. The van der Waals surface area contributed by atoms with Crippen LogP contribution in [0.4, 0.5) is 11.4 Å². The summed E-state index contributed by atoms with van der Waals surface area (Å²) in [4.78, 5) is 14.3. The first-order chi connectivity index (χ1) is 9.78. The Morgan fingerprint density at radius 3 is 2.90 bits per heavy atom. The molecule has 5 nitrogen and oxygen atoms in total. The summed E-state index contributed by atoms with van der Waals surface area (Å²) < 4.78 is 0. The number of amides is 1. The van der Waals surface area contributed by atoms with Crippen LogP contribution in [0.25, 0.3) is 0 Å². The van der Waals surface area contributed by atoms with E-state index in [4.69, 9.17) is 17.3 Å². The maximum atomic E-state index is 12.3. The number of hydrogen-bond donors (Lipinski definition) is 3. The van der Waals surface area contributed by atoms with Crippen LogP contribution in [-0.2, 0) is 4.79 Å². The van der Waals surface area contributed by atoms with E-state index in [1.165, 1.54) is 0 Å². The second-order valence-electron chi connectivity index (χ2n) is 5.98. The number of β-amino-alcohol motifs (C(OH)–C–C–N with tert-alkyl or cyclic N) is 1. The molecule has 1 aromatic carbocycles. The van der Waals surface area contributed by atoms with Gasteiger partial charge in [-0.2, -0.15) is 0 Å². The van der Waals surface area contributed by atoms with Crippen LogP contribution in [0.3, 0.4) is 0 Å². The Balaban J connectivity index is 2.02. The molecule has 4 N–H and O–H groups in total. The minimum atomic E-state index is -0.731. The molecule has 6 heteroatoms. The fourth-order valence-corrected chi connectivity index (χ4v) is 2.86. The second-order valence-corrected chi connectivity index (χ2v) is 6.38. The van der Waals surface area contributed by atoms with Gasteiger partial charge in [0.25, 0.3) is 0 Å². The average Bonchev–Trinajstić information content (AvgIpc) is 2.40. The number of benzene rings is 1. The van der Waals surface area contributed by atoms with Crippen molar-refractivity contribution in [1.29, 1.82) is 0 Å². The van der Waals surface area contributed by atoms with Gasteiger partial charge in [-0.1, -0.05) is 11.6 Å². The summed E-state index contributed by atoms with van der Waals surface area (Å²) in [7, 11) is 0. The number of rotatable bonds is 3. The Kier molecular flexibility index (Phi) is 4.76. The second kappa shape index (κ2) is 6.22. The van der Waals surface area contributed by atoms with E-state index in [0.717, 1.165) is 19.4 Å².